The van der Waals surface area contributed by atoms with Crippen molar-refractivity contribution in [1.82, 2.24) is 15.2 Å². The second-order valence-corrected chi connectivity index (χ2v) is 4.91. The van der Waals surface area contributed by atoms with Gasteiger partial charge in [0, 0.05) is 25.5 Å². The minimum Gasteiger partial charge on any atom is -0.393 e. The number of aliphatic hydroxyl groups excluding tert-OH is 1. The minimum absolute atomic E-state index is 0.0161. The van der Waals surface area contributed by atoms with E-state index in [1.807, 2.05) is 19.1 Å². The van der Waals surface area contributed by atoms with Crippen LogP contribution in [0.1, 0.15) is 37.8 Å². The van der Waals surface area contributed by atoms with Gasteiger partial charge in [-0.05, 0) is 37.0 Å². The molecule has 2 N–H and O–H groups in total. The second kappa shape index (κ2) is 6.52. The molecule has 1 saturated heterocycles. The number of nitrogens with one attached hydrogen (secondary N) is 1. The van der Waals surface area contributed by atoms with Crippen LogP contribution in [-0.4, -0.2) is 40.2 Å². The molecule has 1 fully saturated rings. The van der Waals surface area contributed by atoms with E-state index >= 15 is 0 Å². The maximum Gasteiger partial charge on any atom is 0.317 e. The van der Waals surface area contributed by atoms with Crippen molar-refractivity contribution in [2.75, 3.05) is 13.1 Å². The fraction of sp³-hybridized carbons (Fsp3) is 0.571. The SMILES string of the molecule is CCC(NC(=O)N1CCC(O)CC1)c1ccncc1. The van der Waals surface area contributed by atoms with Crippen molar-refractivity contribution in [3.63, 3.8) is 0 Å². The van der Waals surface area contributed by atoms with Gasteiger partial charge >= 0.3 is 6.03 Å². The fourth-order valence-electron chi connectivity index (χ4n) is 2.33. The van der Waals surface area contributed by atoms with Crippen molar-refractivity contribution in [3.05, 3.63) is 30.1 Å². The molecule has 1 aliphatic heterocycles. The Labute approximate surface area is 113 Å². The van der Waals surface area contributed by atoms with Crippen LogP contribution >= 0.6 is 0 Å². The van der Waals surface area contributed by atoms with Crippen LogP contribution in [0.15, 0.2) is 24.5 Å². The van der Waals surface area contributed by atoms with E-state index < -0.39 is 0 Å². The summed E-state index contributed by atoms with van der Waals surface area (Å²) in [5, 5.41) is 12.5. The molecular formula is C14H21N3O2. The van der Waals surface area contributed by atoms with Crippen LogP contribution < -0.4 is 5.32 Å². The molecule has 1 aliphatic rings. The molecule has 0 radical (unpaired) electrons. The van der Waals surface area contributed by atoms with Gasteiger partial charge in [-0.2, -0.15) is 0 Å². The summed E-state index contributed by atoms with van der Waals surface area (Å²) in [7, 11) is 0. The van der Waals surface area contributed by atoms with Gasteiger partial charge in [0.15, 0.2) is 0 Å². The Bertz CT molecular complexity index is 402. The monoisotopic (exact) mass is 263 g/mol. The van der Waals surface area contributed by atoms with Crippen LogP contribution in [0.4, 0.5) is 4.79 Å². The van der Waals surface area contributed by atoms with Gasteiger partial charge in [-0.3, -0.25) is 4.98 Å². The Morgan fingerprint density at radius 1 is 1.47 bits per heavy atom. The molecule has 0 bridgehead atoms. The third-order valence-corrected chi connectivity index (χ3v) is 3.57. The number of carbonyl (C=O) groups is 1. The van der Waals surface area contributed by atoms with Crippen molar-refractivity contribution in [2.45, 2.75) is 38.3 Å². The Kier molecular flexibility index (Phi) is 4.74. The number of aromatic nitrogens is 1. The number of likely N-dealkylation sites (tertiary alicyclic amines) is 1. The largest absolute Gasteiger partial charge is 0.393 e. The molecule has 1 aromatic rings. The van der Waals surface area contributed by atoms with Crippen molar-refractivity contribution in [1.29, 1.82) is 0 Å². The van der Waals surface area contributed by atoms with E-state index in [1.165, 1.54) is 0 Å². The third kappa shape index (κ3) is 3.67. The van der Waals surface area contributed by atoms with Gasteiger partial charge in [-0.15, -0.1) is 0 Å². The zero-order chi connectivity index (χ0) is 13.7. The Balaban J connectivity index is 1.93. The molecule has 19 heavy (non-hydrogen) atoms. The lowest BCUT2D eigenvalue weighted by molar-refractivity contribution is 0.0927. The van der Waals surface area contributed by atoms with Gasteiger partial charge in [0.25, 0.3) is 0 Å². The van der Waals surface area contributed by atoms with Crippen LogP contribution in [0, 0.1) is 0 Å². The molecule has 2 amide bonds. The lowest BCUT2D eigenvalue weighted by Crippen LogP contribution is -2.46. The maximum atomic E-state index is 12.2. The topological polar surface area (TPSA) is 65.5 Å². The zero-order valence-corrected chi connectivity index (χ0v) is 11.2. The fourth-order valence-corrected chi connectivity index (χ4v) is 2.33. The zero-order valence-electron chi connectivity index (χ0n) is 11.2. The van der Waals surface area contributed by atoms with E-state index in [1.54, 1.807) is 17.3 Å². The van der Waals surface area contributed by atoms with Crippen LogP contribution in [0.3, 0.4) is 0 Å². The van der Waals surface area contributed by atoms with E-state index in [2.05, 4.69) is 10.3 Å². The summed E-state index contributed by atoms with van der Waals surface area (Å²) in [6, 6.07) is 3.82. The molecule has 0 aromatic carbocycles. The standard InChI is InChI=1S/C14H21N3O2/c1-2-13(11-3-7-15-8-4-11)16-14(19)17-9-5-12(18)6-10-17/h3-4,7-8,12-13,18H,2,5-6,9-10H2,1H3,(H,16,19). The number of rotatable bonds is 3. The maximum absolute atomic E-state index is 12.2. The van der Waals surface area contributed by atoms with Crippen molar-refractivity contribution in [3.8, 4) is 0 Å². The molecule has 1 unspecified atom stereocenters. The highest BCUT2D eigenvalue weighted by Gasteiger charge is 2.23. The number of nitrogens with zero attached hydrogens (tertiary/aromatic N) is 2. The highest BCUT2D eigenvalue weighted by Crippen LogP contribution is 2.17. The number of amides is 2. The van der Waals surface area contributed by atoms with E-state index in [0.29, 0.717) is 25.9 Å². The Hall–Kier alpha value is -1.62. The third-order valence-electron chi connectivity index (χ3n) is 3.57. The minimum atomic E-state index is -0.258. The number of aliphatic hydroxyl groups is 1. The smallest absolute Gasteiger partial charge is 0.317 e. The average molecular weight is 263 g/mol. The van der Waals surface area contributed by atoms with Gasteiger partial charge in [0.05, 0.1) is 12.1 Å². The number of carbonyl (C=O) groups excluding carboxylic acids is 1. The van der Waals surface area contributed by atoms with Crippen molar-refractivity contribution in [2.24, 2.45) is 0 Å². The predicted molar refractivity (Wildman–Crippen MR) is 72.6 cm³/mol. The highest BCUT2D eigenvalue weighted by molar-refractivity contribution is 5.74. The first kappa shape index (κ1) is 13.8. The first-order valence-corrected chi connectivity index (χ1v) is 6.84. The lowest BCUT2D eigenvalue weighted by atomic mass is 10.1. The molecule has 5 heteroatoms. The van der Waals surface area contributed by atoms with Crippen LogP contribution in [0.5, 0.6) is 0 Å². The number of hydrogen-bond donors (Lipinski definition) is 2. The predicted octanol–water partition coefficient (Wildman–Crippen LogP) is 1.70. The first-order chi connectivity index (χ1) is 9.20. The molecule has 1 atom stereocenters. The number of pyridine rings is 1. The van der Waals surface area contributed by atoms with Crippen LogP contribution in [-0.2, 0) is 0 Å². The first-order valence-electron chi connectivity index (χ1n) is 6.84. The van der Waals surface area contributed by atoms with Gasteiger partial charge in [-0.25, -0.2) is 4.79 Å². The summed E-state index contributed by atoms with van der Waals surface area (Å²) >= 11 is 0. The van der Waals surface area contributed by atoms with Crippen molar-refractivity contribution >= 4 is 6.03 Å². The van der Waals surface area contributed by atoms with Crippen molar-refractivity contribution < 1.29 is 9.90 Å². The number of piperidine rings is 1. The summed E-state index contributed by atoms with van der Waals surface area (Å²) in [6.45, 7) is 3.30. The second-order valence-electron chi connectivity index (χ2n) is 4.91. The van der Waals surface area contributed by atoms with E-state index in [4.69, 9.17) is 0 Å². The lowest BCUT2D eigenvalue weighted by Gasteiger charge is -2.31. The molecule has 0 saturated carbocycles. The summed E-state index contributed by atoms with van der Waals surface area (Å²) in [6.07, 6.45) is 5.39. The quantitative estimate of drug-likeness (QED) is 0.872. The molecule has 2 rings (SSSR count). The summed E-state index contributed by atoms with van der Waals surface area (Å²) in [5.41, 5.74) is 1.07. The van der Waals surface area contributed by atoms with Gasteiger partial charge < -0.3 is 15.3 Å². The molecule has 0 spiro atoms. The van der Waals surface area contributed by atoms with Crippen LogP contribution in [0.2, 0.25) is 0 Å². The molecule has 104 valence electrons. The van der Waals surface area contributed by atoms with Crippen LogP contribution in [0.25, 0.3) is 0 Å². The summed E-state index contributed by atoms with van der Waals surface area (Å²) < 4.78 is 0. The molecule has 2 heterocycles. The average Bonchev–Trinajstić information content (AvgIpc) is 2.46. The van der Waals surface area contributed by atoms with Gasteiger partial charge in [0.1, 0.15) is 0 Å². The van der Waals surface area contributed by atoms with Gasteiger partial charge in [0.2, 0.25) is 0 Å². The Morgan fingerprint density at radius 2 is 2.11 bits per heavy atom. The normalized spacial score (nSPS) is 18.1. The molecule has 0 aliphatic carbocycles. The van der Waals surface area contributed by atoms with E-state index in [-0.39, 0.29) is 18.2 Å². The molecule has 1 aromatic heterocycles. The van der Waals surface area contributed by atoms with E-state index in [9.17, 15) is 9.90 Å². The summed E-state index contributed by atoms with van der Waals surface area (Å²) in [4.78, 5) is 17.9. The molecular weight excluding hydrogens is 242 g/mol. The Morgan fingerprint density at radius 3 is 2.68 bits per heavy atom. The summed E-state index contributed by atoms with van der Waals surface area (Å²) in [5.74, 6) is 0. The van der Waals surface area contributed by atoms with E-state index in [0.717, 1.165) is 12.0 Å². The number of hydrogen-bond acceptors (Lipinski definition) is 3. The van der Waals surface area contributed by atoms with Gasteiger partial charge in [-0.1, -0.05) is 6.92 Å². The highest BCUT2D eigenvalue weighted by atomic mass is 16.3. The molecule has 5 nitrogen and oxygen atoms in total. The number of urea groups is 1.